The Morgan fingerprint density at radius 3 is 2.38 bits per heavy atom. The van der Waals surface area contributed by atoms with Crippen LogP contribution in [0.15, 0.2) is 36.4 Å². The molecule has 0 N–H and O–H groups in total. The molecule has 0 fully saturated rings. The van der Waals surface area contributed by atoms with E-state index in [2.05, 4.69) is 0 Å². The van der Waals surface area contributed by atoms with Gasteiger partial charge in [0, 0.05) is 11.6 Å². The summed E-state index contributed by atoms with van der Waals surface area (Å²) < 4.78 is 40.7. The minimum absolute atomic E-state index is 0.134. The summed E-state index contributed by atoms with van der Waals surface area (Å²) >= 11 is 0. The average molecular weight is 291 g/mol. The molecule has 1 amide bonds. The molecule has 0 spiro atoms. The number of hydrogen-bond donors (Lipinski definition) is 0. The van der Waals surface area contributed by atoms with Crippen LogP contribution in [-0.2, 0) is 11.3 Å². The third kappa shape index (κ3) is 2.08. The topological polar surface area (TPSA) is 37.4 Å². The highest BCUT2D eigenvalue weighted by Crippen LogP contribution is 2.34. The van der Waals surface area contributed by atoms with Crippen LogP contribution in [0.4, 0.5) is 18.9 Å². The first-order valence-corrected chi connectivity index (χ1v) is 6.07. The molecule has 1 heterocycles. The Morgan fingerprint density at radius 2 is 1.67 bits per heavy atom. The first kappa shape index (κ1) is 13.4. The Labute approximate surface area is 117 Å². The third-order valence-corrected chi connectivity index (χ3v) is 3.27. The maximum atomic E-state index is 13.9. The van der Waals surface area contributed by atoms with Crippen molar-refractivity contribution in [3.63, 3.8) is 0 Å². The van der Waals surface area contributed by atoms with E-state index < -0.39 is 29.1 Å². The van der Waals surface area contributed by atoms with E-state index >= 15 is 0 Å². The number of hydrogen-bond acceptors (Lipinski definition) is 2. The van der Waals surface area contributed by atoms with Gasteiger partial charge in [0.15, 0.2) is 5.82 Å². The lowest BCUT2D eigenvalue weighted by Crippen LogP contribution is -2.30. The molecule has 0 aromatic heterocycles. The minimum Gasteiger partial charge on any atom is -0.297 e. The van der Waals surface area contributed by atoms with Gasteiger partial charge in [0.2, 0.25) is 0 Å². The van der Waals surface area contributed by atoms with Gasteiger partial charge in [-0.1, -0.05) is 18.2 Å². The predicted octanol–water partition coefficient (Wildman–Crippen LogP) is 2.83. The molecule has 6 heteroatoms. The van der Waals surface area contributed by atoms with Crippen LogP contribution in [-0.4, -0.2) is 11.7 Å². The van der Waals surface area contributed by atoms with Gasteiger partial charge in [0.1, 0.15) is 11.6 Å². The molecule has 2 aromatic carbocycles. The van der Waals surface area contributed by atoms with Crippen LogP contribution in [0.3, 0.4) is 0 Å². The Kier molecular flexibility index (Phi) is 3.01. The zero-order valence-corrected chi connectivity index (χ0v) is 10.6. The fraction of sp³-hybridized carbons (Fsp3) is 0.0667. The molecule has 0 saturated heterocycles. The molecular weight excluding hydrogens is 283 g/mol. The maximum absolute atomic E-state index is 13.9. The lowest BCUT2D eigenvalue weighted by atomic mass is 10.1. The highest BCUT2D eigenvalue weighted by atomic mass is 19.1. The Hall–Kier alpha value is -2.63. The minimum atomic E-state index is -1.03. The number of ketones is 1. The molecule has 106 valence electrons. The van der Waals surface area contributed by atoms with Crippen molar-refractivity contribution in [1.29, 1.82) is 0 Å². The summed E-state index contributed by atoms with van der Waals surface area (Å²) in [6, 6.07) is 7.04. The van der Waals surface area contributed by atoms with E-state index in [1.54, 1.807) is 6.07 Å². The van der Waals surface area contributed by atoms with Gasteiger partial charge in [0.25, 0.3) is 11.7 Å². The largest absolute Gasteiger partial charge is 0.299 e. The fourth-order valence-corrected chi connectivity index (χ4v) is 2.30. The van der Waals surface area contributed by atoms with Crippen LogP contribution in [0.1, 0.15) is 15.9 Å². The van der Waals surface area contributed by atoms with Crippen LogP contribution in [0.25, 0.3) is 0 Å². The Morgan fingerprint density at radius 1 is 0.952 bits per heavy atom. The van der Waals surface area contributed by atoms with Gasteiger partial charge in [-0.15, -0.1) is 0 Å². The normalized spacial score (nSPS) is 13.8. The lowest BCUT2D eigenvalue weighted by Gasteiger charge is -2.17. The monoisotopic (exact) mass is 291 g/mol. The highest BCUT2D eigenvalue weighted by Gasteiger charge is 2.38. The summed E-state index contributed by atoms with van der Waals surface area (Å²) in [6.07, 6.45) is 0. The summed E-state index contributed by atoms with van der Waals surface area (Å²) in [5.41, 5.74) is -0.515. The maximum Gasteiger partial charge on any atom is 0.299 e. The number of Topliss-reactive ketones (excluding diaryl/α,β-unsaturated/α-hetero) is 1. The molecule has 2 aromatic rings. The zero-order valence-electron chi connectivity index (χ0n) is 10.6. The second-order valence-electron chi connectivity index (χ2n) is 4.60. The molecular formula is C15H8F3NO2. The number of rotatable bonds is 2. The number of anilines is 1. The summed E-state index contributed by atoms with van der Waals surface area (Å²) in [7, 11) is 0. The van der Waals surface area contributed by atoms with E-state index in [0.717, 1.165) is 11.0 Å². The van der Waals surface area contributed by atoms with Crippen molar-refractivity contribution < 1.29 is 22.8 Å². The number of carbonyl (C=O) groups excluding carboxylic acids is 2. The zero-order chi connectivity index (χ0) is 15.1. The van der Waals surface area contributed by atoms with Crippen molar-refractivity contribution in [2.45, 2.75) is 6.54 Å². The summed E-state index contributed by atoms with van der Waals surface area (Å²) in [4.78, 5) is 24.5. The lowest BCUT2D eigenvalue weighted by molar-refractivity contribution is -0.114. The van der Waals surface area contributed by atoms with Crippen LogP contribution in [0.2, 0.25) is 0 Å². The number of carbonyl (C=O) groups is 2. The number of benzene rings is 2. The SMILES string of the molecule is O=C1C(=O)N(Cc2ccccc2F)c2c(F)cc(F)cc21. The predicted molar refractivity (Wildman–Crippen MR) is 68.3 cm³/mol. The number of nitrogens with zero attached hydrogens (tertiary/aromatic N) is 1. The van der Waals surface area contributed by atoms with Gasteiger partial charge in [-0.05, 0) is 12.1 Å². The van der Waals surface area contributed by atoms with Crippen molar-refractivity contribution >= 4 is 17.4 Å². The first-order chi connectivity index (χ1) is 9.99. The smallest absolute Gasteiger partial charge is 0.297 e. The number of fused-ring (bicyclic) bond motifs is 1. The van der Waals surface area contributed by atoms with E-state index in [9.17, 15) is 22.8 Å². The highest BCUT2D eigenvalue weighted by molar-refractivity contribution is 6.52. The van der Waals surface area contributed by atoms with Crippen molar-refractivity contribution in [2.75, 3.05) is 4.90 Å². The molecule has 0 aliphatic carbocycles. The van der Waals surface area contributed by atoms with Crippen LogP contribution in [0.5, 0.6) is 0 Å². The first-order valence-electron chi connectivity index (χ1n) is 6.07. The van der Waals surface area contributed by atoms with Crippen molar-refractivity contribution in [3.05, 3.63) is 65.0 Å². The molecule has 0 bridgehead atoms. The van der Waals surface area contributed by atoms with E-state index in [1.165, 1.54) is 18.2 Å². The Balaban J connectivity index is 2.08. The third-order valence-electron chi connectivity index (χ3n) is 3.27. The Bertz CT molecular complexity index is 774. The van der Waals surface area contributed by atoms with Crippen LogP contribution >= 0.6 is 0 Å². The average Bonchev–Trinajstić information content (AvgIpc) is 2.67. The van der Waals surface area contributed by atoms with Crippen LogP contribution in [0, 0.1) is 17.5 Å². The molecule has 21 heavy (non-hydrogen) atoms. The van der Waals surface area contributed by atoms with E-state index in [1.807, 2.05) is 0 Å². The summed E-state index contributed by atoms with van der Waals surface area (Å²) in [5, 5.41) is 0. The van der Waals surface area contributed by atoms with Crippen molar-refractivity contribution in [3.8, 4) is 0 Å². The van der Waals surface area contributed by atoms with E-state index in [4.69, 9.17) is 0 Å². The molecule has 1 aliphatic heterocycles. The summed E-state index contributed by atoms with van der Waals surface area (Å²) in [5.74, 6) is -4.55. The molecule has 0 atom stereocenters. The van der Waals surface area contributed by atoms with Gasteiger partial charge in [-0.2, -0.15) is 0 Å². The standard InChI is InChI=1S/C15H8F3NO2/c16-9-5-10-13(12(18)6-9)19(15(21)14(10)20)7-8-3-1-2-4-11(8)17/h1-6H,7H2. The van der Waals surface area contributed by atoms with E-state index in [0.29, 0.717) is 6.07 Å². The van der Waals surface area contributed by atoms with Gasteiger partial charge in [-0.3, -0.25) is 14.5 Å². The number of amides is 1. The number of halogens is 3. The second-order valence-corrected chi connectivity index (χ2v) is 4.60. The molecule has 3 nitrogen and oxygen atoms in total. The molecule has 0 saturated carbocycles. The van der Waals surface area contributed by atoms with Crippen LogP contribution < -0.4 is 4.90 Å². The molecule has 0 radical (unpaired) electrons. The molecule has 0 unspecified atom stereocenters. The second kappa shape index (κ2) is 4.73. The molecule has 1 aliphatic rings. The van der Waals surface area contributed by atoms with Gasteiger partial charge < -0.3 is 0 Å². The summed E-state index contributed by atoms with van der Waals surface area (Å²) in [6.45, 7) is -0.299. The van der Waals surface area contributed by atoms with Gasteiger partial charge in [-0.25, -0.2) is 13.2 Å². The fourth-order valence-electron chi connectivity index (χ4n) is 2.30. The van der Waals surface area contributed by atoms with Gasteiger partial charge >= 0.3 is 0 Å². The quantitative estimate of drug-likeness (QED) is 0.798. The van der Waals surface area contributed by atoms with E-state index in [-0.39, 0.29) is 23.4 Å². The van der Waals surface area contributed by atoms with Gasteiger partial charge in [0.05, 0.1) is 17.8 Å². The van der Waals surface area contributed by atoms with Crippen molar-refractivity contribution in [2.24, 2.45) is 0 Å². The van der Waals surface area contributed by atoms with Crippen molar-refractivity contribution in [1.82, 2.24) is 0 Å². The molecule has 3 rings (SSSR count).